The van der Waals surface area contributed by atoms with Crippen molar-refractivity contribution < 1.29 is 4.79 Å². The number of carbonyl (C=O) groups excluding carboxylic acids is 1. The van der Waals surface area contributed by atoms with Gasteiger partial charge in [-0.05, 0) is 5.92 Å². The Hall–Kier alpha value is -1.16. The topological polar surface area (TPSA) is 54.9 Å². The van der Waals surface area contributed by atoms with Crippen LogP contribution in [-0.4, -0.2) is 15.9 Å². The quantitative estimate of drug-likeness (QED) is 0.863. The van der Waals surface area contributed by atoms with Crippen molar-refractivity contribution in [2.45, 2.75) is 20.8 Å². The lowest BCUT2D eigenvalue weighted by Crippen LogP contribution is -2.24. The summed E-state index contributed by atoms with van der Waals surface area (Å²) in [5, 5.41) is 2.99. The second-order valence-electron chi connectivity index (χ2n) is 3.75. The maximum Gasteiger partial charge on any atom is 0.228 e. The van der Waals surface area contributed by atoms with E-state index < -0.39 is 0 Å². The predicted molar refractivity (Wildman–Crippen MR) is 59.7 cm³/mol. The van der Waals surface area contributed by atoms with E-state index in [1.165, 1.54) is 12.4 Å². The molecule has 1 aromatic heterocycles. The Kier molecular flexibility index (Phi) is 4.03. The highest BCUT2D eigenvalue weighted by molar-refractivity contribution is 6.29. The maximum atomic E-state index is 11.6. The number of anilines is 1. The van der Waals surface area contributed by atoms with Crippen LogP contribution in [0, 0.1) is 11.8 Å². The molecule has 1 amide bonds. The fourth-order valence-corrected chi connectivity index (χ4v) is 1.02. The normalized spacial score (nSPS) is 12.6. The Morgan fingerprint density at radius 3 is 2.47 bits per heavy atom. The van der Waals surface area contributed by atoms with E-state index in [-0.39, 0.29) is 11.8 Å². The zero-order valence-corrected chi connectivity index (χ0v) is 9.75. The fraction of sp³-hybridized carbons (Fsp3) is 0.500. The van der Waals surface area contributed by atoms with Crippen LogP contribution < -0.4 is 5.32 Å². The molecule has 82 valence electrons. The smallest absolute Gasteiger partial charge is 0.228 e. The van der Waals surface area contributed by atoms with Gasteiger partial charge in [0, 0.05) is 5.92 Å². The molecule has 15 heavy (non-hydrogen) atoms. The summed E-state index contributed by atoms with van der Waals surface area (Å²) in [7, 11) is 0. The number of hydrogen-bond acceptors (Lipinski definition) is 3. The van der Waals surface area contributed by atoms with Crippen LogP contribution in [0.5, 0.6) is 0 Å². The molecule has 0 aliphatic rings. The number of amides is 1. The summed E-state index contributed by atoms with van der Waals surface area (Å²) >= 11 is 5.57. The van der Waals surface area contributed by atoms with E-state index in [0.717, 1.165) is 0 Å². The molecule has 0 bridgehead atoms. The van der Waals surface area contributed by atoms with Crippen molar-refractivity contribution in [2.75, 3.05) is 5.32 Å². The van der Waals surface area contributed by atoms with Crippen LogP contribution in [0.25, 0.3) is 0 Å². The third-order valence-corrected chi connectivity index (χ3v) is 2.48. The first-order chi connectivity index (χ1) is 7.00. The molecular weight excluding hydrogens is 214 g/mol. The second-order valence-corrected chi connectivity index (χ2v) is 4.13. The number of nitrogens with one attached hydrogen (secondary N) is 1. The summed E-state index contributed by atoms with van der Waals surface area (Å²) in [6, 6.07) is 0. The van der Waals surface area contributed by atoms with Crippen LogP contribution in [0.3, 0.4) is 0 Å². The minimum absolute atomic E-state index is 0.0533. The highest BCUT2D eigenvalue weighted by atomic mass is 35.5. The van der Waals surface area contributed by atoms with Crippen molar-refractivity contribution in [1.82, 2.24) is 9.97 Å². The lowest BCUT2D eigenvalue weighted by Gasteiger charge is -2.14. The molecule has 1 rings (SSSR count). The average Bonchev–Trinajstić information content (AvgIpc) is 2.20. The third kappa shape index (κ3) is 3.47. The summed E-state index contributed by atoms with van der Waals surface area (Å²) < 4.78 is 0. The van der Waals surface area contributed by atoms with Gasteiger partial charge in [0.05, 0.1) is 12.4 Å². The molecule has 0 radical (unpaired) electrons. The molecule has 0 aliphatic heterocycles. The summed E-state index contributed by atoms with van der Waals surface area (Å²) in [4.78, 5) is 19.4. The first kappa shape index (κ1) is 11.9. The number of hydrogen-bond donors (Lipinski definition) is 1. The van der Waals surface area contributed by atoms with Gasteiger partial charge in [0.1, 0.15) is 5.15 Å². The highest BCUT2D eigenvalue weighted by Gasteiger charge is 2.16. The van der Waals surface area contributed by atoms with Crippen LogP contribution in [0.1, 0.15) is 20.8 Å². The van der Waals surface area contributed by atoms with Crippen LogP contribution in [-0.2, 0) is 4.79 Å². The van der Waals surface area contributed by atoms with Crippen LogP contribution in [0.2, 0.25) is 5.15 Å². The maximum absolute atomic E-state index is 11.6. The molecule has 0 saturated carbocycles. The second kappa shape index (κ2) is 5.07. The summed E-state index contributed by atoms with van der Waals surface area (Å²) in [6.07, 6.45) is 2.84. The Labute approximate surface area is 94.1 Å². The molecule has 0 aliphatic carbocycles. The first-order valence-corrected chi connectivity index (χ1v) is 5.17. The zero-order valence-electron chi connectivity index (χ0n) is 8.99. The van der Waals surface area contributed by atoms with Crippen molar-refractivity contribution in [3.63, 3.8) is 0 Å². The molecule has 0 fully saturated rings. The molecule has 4 nitrogen and oxygen atoms in total. The van der Waals surface area contributed by atoms with Crippen LogP contribution in [0.4, 0.5) is 5.82 Å². The molecule has 1 N–H and O–H groups in total. The molecule has 1 heterocycles. The SMILES string of the molecule is CC(C)C(C)C(=O)Nc1cnc(Cl)cn1. The van der Waals surface area contributed by atoms with Gasteiger partial charge in [-0.15, -0.1) is 0 Å². The number of nitrogens with zero attached hydrogens (tertiary/aromatic N) is 2. The lowest BCUT2D eigenvalue weighted by atomic mass is 9.97. The molecule has 1 atom stereocenters. The van der Waals surface area contributed by atoms with Gasteiger partial charge in [0.25, 0.3) is 0 Å². The van der Waals surface area contributed by atoms with Gasteiger partial charge < -0.3 is 5.32 Å². The Morgan fingerprint density at radius 2 is 2.00 bits per heavy atom. The monoisotopic (exact) mass is 227 g/mol. The molecule has 1 unspecified atom stereocenters. The van der Waals surface area contributed by atoms with Gasteiger partial charge in [-0.1, -0.05) is 32.4 Å². The molecule has 0 aromatic carbocycles. The minimum atomic E-state index is -0.0541. The van der Waals surface area contributed by atoms with Crippen molar-refractivity contribution >= 4 is 23.3 Å². The highest BCUT2D eigenvalue weighted by Crippen LogP contribution is 2.12. The molecule has 1 aromatic rings. The summed E-state index contributed by atoms with van der Waals surface area (Å²) in [5.41, 5.74) is 0. The number of halogens is 1. The zero-order chi connectivity index (χ0) is 11.4. The Morgan fingerprint density at radius 1 is 1.33 bits per heavy atom. The molecular formula is C10H14ClN3O. The van der Waals surface area contributed by atoms with Gasteiger partial charge in [-0.3, -0.25) is 4.79 Å². The Balaban J connectivity index is 2.62. The standard InChI is InChI=1S/C10H14ClN3O/c1-6(2)7(3)10(15)14-9-5-12-8(11)4-13-9/h4-7H,1-3H3,(H,13,14,15). The average molecular weight is 228 g/mol. The van der Waals surface area contributed by atoms with Crippen molar-refractivity contribution in [3.05, 3.63) is 17.5 Å². The van der Waals surface area contributed by atoms with Gasteiger partial charge in [0.2, 0.25) is 5.91 Å². The molecule has 5 heteroatoms. The minimum Gasteiger partial charge on any atom is -0.309 e. The number of carbonyl (C=O) groups is 1. The van der Waals surface area contributed by atoms with Gasteiger partial charge in [-0.25, -0.2) is 9.97 Å². The van der Waals surface area contributed by atoms with E-state index in [4.69, 9.17) is 11.6 Å². The van der Waals surface area contributed by atoms with E-state index in [0.29, 0.717) is 16.9 Å². The number of aromatic nitrogens is 2. The van der Waals surface area contributed by atoms with Gasteiger partial charge in [0.15, 0.2) is 5.82 Å². The van der Waals surface area contributed by atoms with E-state index in [1.807, 2.05) is 20.8 Å². The van der Waals surface area contributed by atoms with Gasteiger partial charge in [-0.2, -0.15) is 0 Å². The number of rotatable bonds is 3. The van der Waals surface area contributed by atoms with E-state index in [2.05, 4.69) is 15.3 Å². The van der Waals surface area contributed by atoms with Crippen molar-refractivity contribution in [2.24, 2.45) is 11.8 Å². The molecule has 0 spiro atoms. The summed E-state index contributed by atoms with van der Waals surface area (Å²) in [5.74, 6) is 0.617. The van der Waals surface area contributed by atoms with E-state index in [1.54, 1.807) is 0 Å². The molecule has 0 saturated heterocycles. The van der Waals surface area contributed by atoms with E-state index >= 15 is 0 Å². The van der Waals surface area contributed by atoms with Crippen molar-refractivity contribution in [3.8, 4) is 0 Å². The largest absolute Gasteiger partial charge is 0.309 e. The lowest BCUT2D eigenvalue weighted by molar-refractivity contribution is -0.120. The first-order valence-electron chi connectivity index (χ1n) is 4.79. The summed E-state index contributed by atoms with van der Waals surface area (Å²) in [6.45, 7) is 5.87. The van der Waals surface area contributed by atoms with Crippen LogP contribution >= 0.6 is 11.6 Å². The van der Waals surface area contributed by atoms with Crippen LogP contribution in [0.15, 0.2) is 12.4 Å². The third-order valence-electron chi connectivity index (χ3n) is 2.29. The fourth-order valence-electron chi connectivity index (χ4n) is 0.920. The predicted octanol–water partition coefficient (Wildman–Crippen LogP) is 2.36. The Bertz CT molecular complexity index is 337. The van der Waals surface area contributed by atoms with Gasteiger partial charge >= 0.3 is 0 Å². The van der Waals surface area contributed by atoms with Crippen molar-refractivity contribution in [1.29, 1.82) is 0 Å². The van der Waals surface area contributed by atoms with E-state index in [9.17, 15) is 4.79 Å².